The molecule has 0 spiro atoms. The Hall–Kier alpha value is -0.370. The van der Waals surface area contributed by atoms with Gasteiger partial charge in [-0.05, 0) is 34.7 Å². The lowest BCUT2D eigenvalue weighted by molar-refractivity contribution is 0.270. The highest BCUT2D eigenvalue weighted by Gasteiger charge is 2.31. The van der Waals surface area contributed by atoms with Crippen LogP contribution >= 0.6 is 15.9 Å². The van der Waals surface area contributed by atoms with Crippen molar-refractivity contribution in [3.8, 4) is 0 Å². The fraction of sp³-hybridized carbons (Fsp3) is 0.692. The van der Waals surface area contributed by atoms with Crippen LogP contribution < -0.4 is 10.0 Å². The number of halogens is 1. The smallest absolute Gasteiger partial charge is 0.245 e. The molecule has 5 nitrogen and oxygen atoms in total. The highest BCUT2D eigenvalue weighted by molar-refractivity contribution is 9.10. The maximum absolute atomic E-state index is 12.3. The zero-order valence-corrected chi connectivity index (χ0v) is 14.3. The van der Waals surface area contributed by atoms with Crippen LogP contribution in [0.2, 0.25) is 0 Å². The van der Waals surface area contributed by atoms with Crippen LogP contribution in [0.15, 0.2) is 20.0 Å². The molecule has 1 heterocycles. The largest absolute Gasteiger partial charge is 0.452 e. The van der Waals surface area contributed by atoms with Crippen LogP contribution in [-0.4, -0.2) is 20.5 Å². The molecule has 1 aromatic rings. The van der Waals surface area contributed by atoms with E-state index in [1.54, 1.807) is 6.07 Å². The van der Waals surface area contributed by atoms with E-state index in [0.29, 0.717) is 24.3 Å². The molecular formula is C13H21BrN2O3S. The summed E-state index contributed by atoms with van der Waals surface area (Å²) in [5.41, 5.74) is 0. The van der Waals surface area contributed by atoms with Crippen LogP contribution in [0.5, 0.6) is 0 Å². The maximum Gasteiger partial charge on any atom is 0.245 e. The third-order valence-corrected chi connectivity index (χ3v) is 5.75. The van der Waals surface area contributed by atoms with Crippen LogP contribution in [-0.2, 0) is 16.6 Å². The Morgan fingerprint density at radius 1 is 1.45 bits per heavy atom. The number of furan rings is 1. The fourth-order valence-electron chi connectivity index (χ4n) is 2.25. The number of hydrogen-bond acceptors (Lipinski definition) is 4. The van der Waals surface area contributed by atoms with Crippen molar-refractivity contribution in [2.24, 2.45) is 5.92 Å². The van der Waals surface area contributed by atoms with Crippen molar-refractivity contribution in [3.05, 3.63) is 16.5 Å². The first-order chi connectivity index (χ1) is 9.28. The number of nitrogens with one attached hydrogen (secondary N) is 2. The van der Waals surface area contributed by atoms with E-state index in [1.165, 1.54) is 0 Å². The summed E-state index contributed by atoms with van der Waals surface area (Å²) in [6.07, 6.45) is 1.80. The zero-order valence-electron chi connectivity index (χ0n) is 11.9. The summed E-state index contributed by atoms with van der Waals surface area (Å²) in [4.78, 5) is 0.178. The Kier molecular flexibility index (Phi) is 4.94. The van der Waals surface area contributed by atoms with Gasteiger partial charge in [0.05, 0.1) is 6.54 Å². The number of sulfonamides is 1. The lowest BCUT2D eigenvalue weighted by Crippen LogP contribution is -2.43. The summed E-state index contributed by atoms with van der Waals surface area (Å²) in [7, 11) is -3.51. The van der Waals surface area contributed by atoms with Gasteiger partial charge in [0.2, 0.25) is 10.0 Å². The average Bonchev–Trinajstić information content (AvgIpc) is 2.66. The van der Waals surface area contributed by atoms with Gasteiger partial charge in [-0.3, -0.25) is 0 Å². The Labute approximate surface area is 128 Å². The molecule has 0 radical (unpaired) electrons. The molecule has 2 N–H and O–H groups in total. The van der Waals surface area contributed by atoms with E-state index in [4.69, 9.17) is 4.42 Å². The third kappa shape index (κ3) is 3.84. The van der Waals surface area contributed by atoms with Crippen molar-refractivity contribution in [1.82, 2.24) is 10.0 Å². The molecule has 1 aliphatic carbocycles. The van der Waals surface area contributed by atoms with Crippen molar-refractivity contribution in [1.29, 1.82) is 0 Å². The molecule has 0 aromatic carbocycles. The van der Waals surface area contributed by atoms with Gasteiger partial charge in [0.25, 0.3) is 0 Å². The van der Waals surface area contributed by atoms with Crippen molar-refractivity contribution < 1.29 is 12.8 Å². The second-order valence-corrected chi connectivity index (χ2v) is 8.18. The van der Waals surface area contributed by atoms with E-state index in [2.05, 4.69) is 32.9 Å². The average molecular weight is 365 g/mol. The first-order valence-corrected chi connectivity index (χ1v) is 9.09. The maximum atomic E-state index is 12.3. The lowest BCUT2D eigenvalue weighted by atomic mass is 9.83. The van der Waals surface area contributed by atoms with Crippen LogP contribution in [0.4, 0.5) is 0 Å². The standard InChI is InChI=1S/C13H21BrN2O3S/c1-8(2)15-7-11-6-12(13(14)19-11)20(17,18)16-10-4-9(3)5-10/h6,8-10,15-16H,4-5,7H2,1-3H3. The van der Waals surface area contributed by atoms with Gasteiger partial charge in [0.1, 0.15) is 10.7 Å². The molecule has 2 rings (SSSR count). The molecule has 7 heteroatoms. The molecule has 114 valence electrons. The van der Waals surface area contributed by atoms with Gasteiger partial charge in [-0.2, -0.15) is 0 Å². The molecule has 0 saturated heterocycles. The van der Waals surface area contributed by atoms with E-state index >= 15 is 0 Å². The Morgan fingerprint density at radius 2 is 2.10 bits per heavy atom. The minimum absolute atomic E-state index is 0.0500. The summed E-state index contributed by atoms with van der Waals surface area (Å²) in [6.45, 7) is 6.67. The predicted molar refractivity (Wildman–Crippen MR) is 80.9 cm³/mol. The minimum atomic E-state index is -3.51. The summed E-state index contributed by atoms with van der Waals surface area (Å²) in [5, 5.41) is 3.19. The molecule has 0 bridgehead atoms. The molecule has 0 atom stereocenters. The molecule has 1 aliphatic rings. The second-order valence-electron chi connectivity index (χ2n) is 5.78. The molecule has 20 heavy (non-hydrogen) atoms. The van der Waals surface area contributed by atoms with Gasteiger partial charge in [-0.1, -0.05) is 20.8 Å². The van der Waals surface area contributed by atoms with E-state index < -0.39 is 10.0 Å². The Morgan fingerprint density at radius 3 is 2.65 bits per heavy atom. The van der Waals surface area contributed by atoms with Crippen molar-refractivity contribution in [2.45, 2.75) is 57.1 Å². The first-order valence-electron chi connectivity index (χ1n) is 6.82. The Bertz CT molecular complexity index is 562. The monoisotopic (exact) mass is 364 g/mol. The van der Waals surface area contributed by atoms with E-state index in [0.717, 1.165) is 12.8 Å². The Balaban J connectivity index is 2.07. The molecule has 1 aromatic heterocycles. The molecule has 0 unspecified atom stereocenters. The number of rotatable bonds is 6. The summed E-state index contributed by atoms with van der Waals surface area (Å²) >= 11 is 3.19. The summed E-state index contributed by atoms with van der Waals surface area (Å²) in [6, 6.07) is 1.94. The van der Waals surface area contributed by atoms with E-state index in [1.807, 2.05) is 13.8 Å². The van der Waals surface area contributed by atoms with Crippen LogP contribution in [0, 0.1) is 5.92 Å². The molecular weight excluding hydrogens is 344 g/mol. The van der Waals surface area contributed by atoms with Crippen molar-refractivity contribution in [3.63, 3.8) is 0 Å². The number of hydrogen-bond donors (Lipinski definition) is 2. The minimum Gasteiger partial charge on any atom is -0.452 e. The normalized spacial score (nSPS) is 23.1. The topological polar surface area (TPSA) is 71.3 Å². The van der Waals surface area contributed by atoms with Gasteiger partial charge in [-0.25, -0.2) is 13.1 Å². The third-order valence-electron chi connectivity index (χ3n) is 3.38. The summed E-state index contributed by atoms with van der Waals surface area (Å²) in [5.74, 6) is 1.20. The highest BCUT2D eigenvalue weighted by Crippen LogP contribution is 2.30. The van der Waals surface area contributed by atoms with E-state index in [-0.39, 0.29) is 15.6 Å². The van der Waals surface area contributed by atoms with Gasteiger partial charge < -0.3 is 9.73 Å². The van der Waals surface area contributed by atoms with Crippen molar-refractivity contribution in [2.75, 3.05) is 0 Å². The highest BCUT2D eigenvalue weighted by atomic mass is 79.9. The van der Waals surface area contributed by atoms with Gasteiger partial charge >= 0.3 is 0 Å². The quantitative estimate of drug-likeness (QED) is 0.813. The van der Waals surface area contributed by atoms with Crippen molar-refractivity contribution >= 4 is 26.0 Å². The van der Waals surface area contributed by atoms with E-state index in [9.17, 15) is 8.42 Å². The first kappa shape index (κ1) is 16.0. The molecule has 0 amide bonds. The molecule has 1 saturated carbocycles. The zero-order chi connectivity index (χ0) is 14.9. The second kappa shape index (κ2) is 6.17. The summed E-state index contributed by atoms with van der Waals surface area (Å²) < 4.78 is 33.0. The SMILES string of the molecule is CC1CC(NS(=O)(=O)c2cc(CNC(C)C)oc2Br)C1. The van der Waals surface area contributed by atoms with Gasteiger partial charge in [0, 0.05) is 18.2 Å². The van der Waals surface area contributed by atoms with Crippen LogP contribution in [0.25, 0.3) is 0 Å². The predicted octanol–water partition coefficient (Wildman–Crippen LogP) is 2.62. The fourth-order valence-corrected chi connectivity index (χ4v) is 4.51. The molecule has 1 fully saturated rings. The van der Waals surface area contributed by atoms with Crippen LogP contribution in [0.1, 0.15) is 39.4 Å². The van der Waals surface area contributed by atoms with Gasteiger partial charge in [0.15, 0.2) is 4.67 Å². The van der Waals surface area contributed by atoms with Crippen LogP contribution in [0.3, 0.4) is 0 Å². The lowest BCUT2D eigenvalue weighted by Gasteiger charge is -2.32. The molecule has 0 aliphatic heterocycles. The van der Waals surface area contributed by atoms with Gasteiger partial charge in [-0.15, -0.1) is 0 Å².